The first-order valence-corrected chi connectivity index (χ1v) is 6.18. The van der Waals surface area contributed by atoms with Gasteiger partial charge in [-0.1, -0.05) is 16.4 Å². The number of nitrogens with two attached hydrogens (primary N) is 1. The molecule has 3 aromatic heterocycles. The molecule has 0 fully saturated rings. The molecular formula is C10H10N6OS. The van der Waals surface area contributed by atoms with Gasteiger partial charge in [0.05, 0.1) is 16.8 Å². The molecule has 0 aliphatic heterocycles. The third kappa shape index (κ3) is 2.15. The maximum atomic E-state index is 5.46. The number of thiophene rings is 1. The molecule has 18 heavy (non-hydrogen) atoms. The van der Waals surface area contributed by atoms with Crippen LogP contribution in [0.3, 0.4) is 0 Å². The Bertz CT molecular complexity index is 628. The normalized spacial score (nSPS) is 10.9. The van der Waals surface area contributed by atoms with Crippen molar-refractivity contribution in [2.75, 3.05) is 0 Å². The summed E-state index contributed by atoms with van der Waals surface area (Å²) < 4.78 is 6.81. The van der Waals surface area contributed by atoms with Crippen molar-refractivity contribution in [3.8, 4) is 10.8 Å². The molecule has 0 saturated heterocycles. The molecule has 0 saturated carbocycles. The van der Waals surface area contributed by atoms with Gasteiger partial charge in [0, 0.05) is 6.54 Å². The van der Waals surface area contributed by atoms with Crippen molar-refractivity contribution in [3.05, 3.63) is 35.2 Å². The topological polar surface area (TPSA) is 95.7 Å². The number of hydrogen-bond acceptors (Lipinski definition) is 7. The van der Waals surface area contributed by atoms with Gasteiger partial charge in [0.15, 0.2) is 5.82 Å². The van der Waals surface area contributed by atoms with Gasteiger partial charge < -0.3 is 10.3 Å². The zero-order valence-electron chi connectivity index (χ0n) is 9.35. The van der Waals surface area contributed by atoms with Crippen LogP contribution in [-0.4, -0.2) is 25.1 Å². The van der Waals surface area contributed by atoms with E-state index in [1.54, 1.807) is 22.2 Å². The Morgan fingerprint density at radius 1 is 1.44 bits per heavy atom. The van der Waals surface area contributed by atoms with E-state index in [1.165, 1.54) is 0 Å². The number of hydrogen-bond donors (Lipinski definition) is 1. The van der Waals surface area contributed by atoms with Gasteiger partial charge in [0.1, 0.15) is 6.54 Å². The van der Waals surface area contributed by atoms with Crippen LogP contribution in [0.5, 0.6) is 0 Å². The summed E-state index contributed by atoms with van der Waals surface area (Å²) in [5.74, 6) is 1.09. The molecule has 0 amide bonds. The second kappa shape index (κ2) is 4.67. The third-order valence-corrected chi connectivity index (χ3v) is 3.16. The predicted octanol–water partition coefficient (Wildman–Crippen LogP) is 0.897. The lowest BCUT2D eigenvalue weighted by atomic mass is 10.4. The number of nitrogens with zero attached hydrogens (tertiary/aromatic N) is 5. The Balaban J connectivity index is 1.77. The standard InChI is InChI=1S/C10H10N6OS/c11-4-7-5-16(15-13-7)6-9-12-10(17-14-9)8-2-1-3-18-8/h1-3,5H,4,6,11H2. The van der Waals surface area contributed by atoms with Crippen LogP contribution in [-0.2, 0) is 13.1 Å². The van der Waals surface area contributed by atoms with Crippen LogP contribution in [0, 0.1) is 0 Å². The van der Waals surface area contributed by atoms with Gasteiger partial charge in [-0.05, 0) is 11.4 Å². The predicted molar refractivity (Wildman–Crippen MR) is 64.6 cm³/mol. The van der Waals surface area contributed by atoms with E-state index in [9.17, 15) is 0 Å². The van der Waals surface area contributed by atoms with Crippen molar-refractivity contribution >= 4 is 11.3 Å². The Morgan fingerprint density at radius 3 is 3.11 bits per heavy atom. The molecule has 0 unspecified atom stereocenters. The van der Waals surface area contributed by atoms with E-state index in [-0.39, 0.29) is 0 Å². The molecule has 3 rings (SSSR count). The summed E-state index contributed by atoms with van der Waals surface area (Å²) in [5.41, 5.74) is 6.19. The van der Waals surface area contributed by atoms with E-state index < -0.39 is 0 Å². The first-order valence-electron chi connectivity index (χ1n) is 5.30. The van der Waals surface area contributed by atoms with E-state index in [4.69, 9.17) is 10.3 Å². The second-order valence-corrected chi connectivity index (χ2v) is 4.55. The molecule has 3 aromatic rings. The highest BCUT2D eigenvalue weighted by atomic mass is 32.1. The van der Waals surface area contributed by atoms with Crippen LogP contribution in [0.4, 0.5) is 0 Å². The van der Waals surface area contributed by atoms with Crippen LogP contribution in [0.1, 0.15) is 11.5 Å². The maximum absolute atomic E-state index is 5.46. The van der Waals surface area contributed by atoms with Crippen molar-refractivity contribution in [2.24, 2.45) is 5.73 Å². The summed E-state index contributed by atoms with van der Waals surface area (Å²) in [6.45, 7) is 0.786. The minimum atomic E-state index is 0.368. The molecule has 0 aromatic carbocycles. The zero-order chi connectivity index (χ0) is 12.4. The Kier molecular flexibility index (Phi) is 2.87. The van der Waals surface area contributed by atoms with Crippen molar-refractivity contribution in [1.82, 2.24) is 25.1 Å². The van der Waals surface area contributed by atoms with Crippen molar-refractivity contribution in [3.63, 3.8) is 0 Å². The van der Waals surface area contributed by atoms with Gasteiger partial charge in [-0.2, -0.15) is 4.98 Å². The maximum Gasteiger partial charge on any atom is 0.268 e. The molecule has 7 nitrogen and oxygen atoms in total. The third-order valence-electron chi connectivity index (χ3n) is 2.30. The minimum absolute atomic E-state index is 0.368. The van der Waals surface area contributed by atoms with Crippen LogP contribution in [0.2, 0.25) is 0 Å². The van der Waals surface area contributed by atoms with Crippen LogP contribution in [0.25, 0.3) is 10.8 Å². The highest BCUT2D eigenvalue weighted by Gasteiger charge is 2.10. The van der Waals surface area contributed by atoms with Gasteiger partial charge in [-0.15, -0.1) is 16.4 Å². The average molecular weight is 262 g/mol. The fourth-order valence-electron chi connectivity index (χ4n) is 1.47. The first kappa shape index (κ1) is 11.1. The molecule has 0 atom stereocenters. The van der Waals surface area contributed by atoms with E-state index in [2.05, 4.69) is 20.5 Å². The first-order chi connectivity index (χ1) is 8.85. The van der Waals surface area contributed by atoms with Crippen molar-refractivity contribution in [2.45, 2.75) is 13.1 Å². The Hall–Kier alpha value is -2.06. The summed E-state index contributed by atoms with van der Waals surface area (Å²) >= 11 is 1.56. The lowest BCUT2D eigenvalue weighted by molar-refractivity contribution is 0.419. The summed E-state index contributed by atoms with van der Waals surface area (Å²) in [6.07, 6.45) is 1.77. The molecule has 92 valence electrons. The van der Waals surface area contributed by atoms with Gasteiger partial charge in [-0.3, -0.25) is 0 Å². The second-order valence-electron chi connectivity index (χ2n) is 3.60. The quantitative estimate of drug-likeness (QED) is 0.750. The summed E-state index contributed by atoms with van der Waals surface area (Å²) in [6, 6.07) is 3.87. The molecule has 2 N–H and O–H groups in total. The van der Waals surface area contributed by atoms with Gasteiger partial charge in [-0.25, -0.2) is 4.68 Å². The van der Waals surface area contributed by atoms with Crippen molar-refractivity contribution < 1.29 is 4.52 Å². The van der Waals surface area contributed by atoms with E-state index >= 15 is 0 Å². The zero-order valence-corrected chi connectivity index (χ0v) is 10.2. The van der Waals surface area contributed by atoms with Gasteiger partial charge in [0.2, 0.25) is 0 Å². The highest BCUT2D eigenvalue weighted by Crippen LogP contribution is 2.22. The Labute approximate surface area is 106 Å². The SMILES string of the molecule is NCc1cn(Cc2noc(-c3cccs3)n2)nn1. The molecule has 3 heterocycles. The monoisotopic (exact) mass is 262 g/mol. The summed E-state index contributed by atoms with van der Waals surface area (Å²) in [4.78, 5) is 5.25. The number of aromatic nitrogens is 5. The number of rotatable bonds is 4. The van der Waals surface area contributed by atoms with E-state index in [0.717, 1.165) is 10.6 Å². The summed E-state index contributed by atoms with van der Waals surface area (Å²) in [5, 5.41) is 13.7. The minimum Gasteiger partial charge on any atom is -0.333 e. The highest BCUT2D eigenvalue weighted by molar-refractivity contribution is 7.13. The molecule has 0 bridgehead atoms. The van der Waals surface area contributed by atoms with Crippen LogP contribution < -0.4 is 5.73 Å². The fourth-order valence-corrected chi connectivity index (χ4v) is 2.12. The molecule has 0 radical (unpaired) electrons. The molecular weight excluding hydrogens is 252 g/mol. The molecule has 8 heteroatoms. The molecule has 0 aliphatic carbocycles. The lowest BCUT2D eigenvalue weighted by Gasteiger charge is -1.91. The Morgan fingerprint density at radius 2 is 2.39 bits per heavy atom. The van der Waals surface area contributed by atoms with Gasteiger partial charge >= 0.3 is 0 Å². The largest absolute Gasteiger partial charge is 0.333 e. The average Bonchev–Trinajstić information content (AvgIpc) is 3.10. The smallest absolute Gasteiger partial charge is 0.268 e. The molecule has 0 spiro atoms. The van der Waals surface area contributed by atoms with Crippen LogP contribution in [0.15, 0.2) is 28.2 Å². The van der Waals surface area contributed by atoms with Crippen molar-refractivity contribution in [1.29, 1.82) is 0 Å². The van der Waals surface area contributed by atoms with Gasteiger partial charge in [0.25, 0.3) is 5.89 Å². The molecule has 0 aliphatic rings. The van der Waals surface area contributed by atoms with E-state index in [1.807, 2.05) is 17.5 Å². The summed E-state index contributed by atoms with van der Waals surface area (Å²) in [7, 11) is 0. The van der Waals surface area contributed by atoms with E-state index in [0.29, 0.717) is 24.8 Å². The fraction of sp³-hybridized carbons (Fsp3) is 0.200. The lowest BCUT2D eigenvalue weighted by Crippen LogP contribution is -2.02. The van der Waals surface area contributed by atoms with Crippen LogP contribution >= 0.6 is 11.3 Å².